The van der Waals surface area contributed by atoms with Crippen molar-refractivity contribution in [3.63, 3.8) is 0 Å². The lowest BCUT2D eigenvalue weighted by Gasteiger charge is -2.15. The molecule has 2 aromatic carbocycles. The lowest BCUT2D eigenvalue weighted by atomic mass is 10.0. The second-order valence-corrected chi connectivity index (χ2v) is 8.25. The summed E-state index contributed by atoms with van der Waals surface area (Å²) in [4.78, 5) is 18.5. The molecule has 0 spiro atoms. The van der Waals surface area contributed by atoms with Crippen molar-refractivity contribution in [3.8, 4) is 11.1 Å². The van der Waals surface area contributed by atoms with Crippen LogP contribution in [0.3, 0.4) is 0 Å². The van der Waals surface area contributed by atoms with Crippen molar-refractivity contribution in [2.45, 2.75) is 33.4 Å². The zero-order chi connectivity index (χ0) is 24.8. The molecule has 6 heteroatoms. The van der Waals surface area contributed by atoms with E-state index in [9.17, 15) is 4.79 Å². The van der Waals surface area contributed by atoms with Crippen molar-refractivity contribution in [1.29, 1.82) is 0 Å². The van der Waals surface area contributed by atoms with E-state index in [1.165, 1.54) is 0 Å². The van der Waals surface area contributed by atoms with Crippen molar-refractivity contribution in [1.82, 2.24) is 20.5 Å². The quantitative estimate of drug-likeness (QED) is 0.351. The fourth-order valence-corrected chi connectivity index (χ4v) is 4.18. The summed E-state index contributed by atoms with van der Waals surface area (Å²) in [7, 11) is 1.87. The molecule has 1 aliphatic heterocycles. The van der Waals surface area contributed by atoms with Crippen LogP contribution in [0.2, 0.25) is 0 Å². The maximum atomic E-state index is 12.5. The van der Waals surface area contributed by atoms with Gasteiger partial charge in [-0.05, 0) is 52.1 Å². The number of furan rings is 1. The van der Waals surface area contributed by atoms with Gasteiger partial charge in [0.2, 0.25) is 0 Å². The van der Waals surface area contributed by atoms with Crippen LogP contribution in [0.15, 0.2) is 78.0 Å². The first-order valence-electron chi connectivity index (χ1n) is 12.1. The highest BCUT2D eigenvalue weighted by Crippen LogP contribution is 2.28. The number of amides is 2. The summed E-state index contributed by atoms with van der Waals surface area (Å²) in [5, 5.41) is 7.13. The minimum atomic E-state index is -0.0611. The molecule has 5 rings (SSSR count). The van der Waals surface area contributed by atoms with E-state index in [1.807, 2.05) is 39.2 Å². The van der Waals surface area contributed by atoms with E-state index >= 15 is 0 Å². The molecule has 0 saturated carbocycles. The molecule has 3 heterocycles. The number of aromatic nitrogens is 1. The fourth-order valence-electron chi connectivity index (χ4n) is 4.18. The summed E-state index contributed by atoms with van der Waals surface area (Å²) in [5.41, 5.74) is 7.37. The largest absolute Gasteiger partial charge is 0.461 e. The standard InChI is InChI=1S/C27H26N4O2.C2H6.H2/c1-18(28-2)19-3-5-20(6-4-19)21-7-8-26-23(13-21)14-25(33-26)10-12-30-27(32)31-16-22-9-11-29-15-24(22)17-31;1-2;/h3-9,11,13-15,28H,1,10,12,16-17H2,2H3,(H,30,32);1-2H3;1H. The van der Waals surface area contributed by atoms with E-state index in [2.05, 4.69) is 64.7 Å². The maximum absolute atomic E-state index is 12.5. The van der Waals surface area contributed by atoms with Crippen molar-refractivity contribution < 1.29 is 10.6 Å². The molecule has 35 heavy (non-hydrogen) atoms. The molecule has 0 fully saturated rings. The number of benzene rings is 2. The van der Waals surface area contributed by atoms with Gasteiger partial charge >= 0.3 is 6.03 Å². The number of hydrogen-bond acceptors (Lipinski definition) is 4. The van der Waals surface area contributed by atoms with Crippen LogP contribution in [0.1, 0.15) is 37.7 Å². The number of hydrogen-bond donors (Lipinski definition) is 2. The maximum Gasteiger partial charge on any atom is 0.318 e. The normalized spacial score (nSPS) is 12.0. The van der Waals surface area contributed by atoms with Crippen LogP contribution < -0.4 is 10.6 Å². The molecule has 1 aliphatic rings. The zero-order valence-corrected chi connectivity index (χ0v) is 20.6. The number of rotatable bonds is 6. The highest BCUT2D eigenvalue weighted by molar-refractivity contribution is 5.84. The third kappa shape index (κ3) is 5.38. The molecule has 0 bridgehead atoms. The Kier molecular flexibility index (Phi) is 7.51. The summed E-state index contributed by atoms with van der Waals surface area (Å²) in [6.45, 7) is 9.75. The van der Waals surface area contributed by atoms with E-state index in [-0.39, 0.29) is 7.46 Å². The SMILES string of the molecule is C=C(NC)c1ccc(-c2ccc3oc(CCNC(=O)N4Cc5ccncc5C4)cc3c2)cc1.CC.[HH]. The Bertz CT molecular complexity index is 1310. The van der Waals surface area contributed by atoms with E-state index in [1.54, 1.807) is 11.1 Å². The highest BCUT2D eigenvalue weighted by atomic mass is 16.3. The van der Waals surface area contributed by atoms with Crippen LogP contribution in [0.4, 0.5) is 4.79 Å². The molecule has 2 N–H and O–H groups in total. The molecule has 0 aliphatic carbocycles. The predicted molar refractivity (Wildman–Crippen MR) is 144 cm³/mol. The van der Waals surface area contributed by atoms with Gasteiger partial charge in [0.1, 0.15) is 11.3 Å². The van der Waals surface area contributed by atoms with E-state index in [0.29, 0.717) is 26.1 Å². The Balaban J connectivity index is 0.00000117. The average Bonchev–Trinajstić information content (AvgIpc) is 3.53. The number of fused-ring (bicyclic) bond motifs is 2. The van der Waals surface area contributed by atoms with Crippen LogP contribution in [0.5, 0.6) is 0 Å². The number of urea groups is 1. The van der Waals surface area contributed by atoms with Crippen LogP contribution in [-0.4, -0.2) is 29.5 Å². The number of carbonyl (C=O) groups excluding carboxylic acids is 1. The summed E-state index contributed by atoms with van der Waals surface area (Å²) in [6.07, 6.45) is 4.24. The Hall–Kier alpha value is -4.06. The lowest BCUT2D eigenvalue weighted by molar-refractivity contribution is 0.198. The summed E-state index contributed by atoms with van der Waals surface area (Å²) in [6, 6.07) is 18.5. The zero-order valence-electron chi connectivity index (χ0n) is 20.6. The van der Waals surface area contributed by atoms with Crippen LogP contribution >= 0.6 is 0 Å². The number of pyridine rings is 1. The molecular weight excluding hydrogens is 436 g/mol. The molecule has 0 radical (unpaired) electrons. The topological polar surface area (TPSA) is 70.4 Å². The predicted octanol–water partition coefficient (Wildman–Crippen LogP) is 6.23. The Morgan fingerprint density at radius 2 is 1.80 bits per heavy atom. The van der Waals surface area contributed by atoms with E-state index in [4.69, 9.17) is 4.42 Å². The number of nitrogens with zero attached hydrogens (tertiary/aromatic N) is 2. The summed E-state index contributed by atoms with van der Waals surface area (Å²) >= 11 is 0. The van der Waals surface area contributed by atoms with Gasteiger partial charge in [-0.3, -0.25) is 4.98 Å². The molecule has 4 aromatic rings. The van der Waals surface area contributed by atoms with Crippen LogP contribution in [0.25, 0.3) is 27.8 Å². The van der Waals surface area contributed by atoms with Crippen molar-refractivity contribution in [2.24, 2.45) is 0 Å². The Morgan fingerprint density at radius 3 is 2.54 bits per heavy atom. The molecular formula is C29H34N4O2. The second-order valence-electron chi connectivity index (χ2n) is 8.25. The van der Waals surface area contributed by atoms with Crippen molar-refractivity contribution in [3.05, 3.63) is 96.0 Å². The summed E-state index contributed by atoms with van der Waals surface area (Å²) in [5.74, 6) is 0.858. The number of nitrogens with one attached hydrogen (secondary N) is 2. The molecule has 0 saturated heterocycles. The Morgan fingerprint density at radius 1 is 1.06 bits per heavy atom. The minimum absolute atomic E-state index is 0. The third-order valence-electron chi connectivity index (χ3n) is 6.10. The molecule has 6 nitrogen and oxygen atoms in total. The molecule has 182 valence electrons. The first-order chi connectivity index (χ1) is 17.1. The smallest absolute Gasteiger partial charge is 0.318 e. The molecule has 2 amide bonds. The van der Waals surface area contributed by atoms with E-state index in [0.717, 1.165) is 50.2 Å². The summed E-state index contributed by atoms with van der Waals surface area (Å²) < 4.78 is 5.99. The average molecular weight is 471 g/mol. The van der Waals surface area contributed by atoms with E-state index < -0.39 is 0 Å². The minimum Gasteiger partial charge on any atom is -0.461 e. The Labute approximate surface area is 208 Å². The van der Waals surface area contributed by atoms with Gasteiger partial charge < -0.3 is 20.0 Å². The fraction of sp³-hybridized carbons (Fsp3) is 0.241. The van der Waals surface area contributed by atoms with Gasteiger partial charge in [-0.2, -0.15) is 0 Å². The van der Waals surface area contributed by atoms with Crippen LogP contribution in [0, 0.1) is 0 Å². The van der Waals surface area contributed by atoms with Crippen molar-refractivity contribution in [2.75, 3.05) is 13.6 Å². The highest BCUT2D eigenvalue weighted by Gasteiger charge is 2.22. The monoisotopic (exact) mass is 470 g/mol. The molecule has 0 atom stereocenters. The number of carbonyl (C=O) groups is 1. The second kappa shape index (κ2) is 10.9. The van der Waals surface area contributed by atoms with Gasteiger partial charge in [0.05, 0.1) is 0 Å². The van der Waals surface area contributed by atoms with Crippen LogP contribution in [-0.2, 0) is 19.5 Å². The molecule has 2 aromatic heterocycles. The van der Waals surface area contributed by atoms with Crippen molar-refractivity contribution >= 4 is 22.7 Å². The third-order valence-corrected chi connectivity index (χ3v) is 6.10. The van der Waals surface area contributed by atoms with Gasteiger partial charge in [0.25, 0.3) is 0 Å². The van der Waals surface area contributed by atoms with Gasteiger partial charge in [-0.25, -0.2) is 4.79 Å². The van der Waals surface area contributed by atoms with Gasteiger partial charge in [-0.1, -0.05) is 50.8 Å². The van der Waals surface area contributed by atoms with Gasteiger partial charge in [0.15, 0.2) is 0 Å². The molecule has 0 unspecified atom stereocenters. The first-order valence-corrected chi connectivity index (χ1v) is 12.1. The van der Waals surface area contributed by atoms with Gasteiger partial charge in [0, 0.05) is 58.0 Å². The first kappa shape index (κ1) is 24.1. The van der Waals surface area contributed by atoms with Gasteiger partial charge in [-0.15, -0.1) is 0 Å². The lowest BCUT2D eigenvalue weighted by Crippen LogP contribution is -2.37.